The first-order chi connectivity index (χ1) is 10.2. The van der Waals surface area contributed by atoms with E-state index in [2.05, 4.69) is 17.2 Å². The zero-order valence-electron chi connectivity index (χ0n) is 12.1. The Balaban J connectivity index is 2.03. The Labute approximate surface area is 128 Å². The quantitative estimate of drug-likeness (QED) is 0.780. The molecular formula is C17H17ClN2O. The third-order valence-electron chi connectivity index (χ3n) is 3.64. The lowest BCUT2D eigenvalue weighted by atomic mass is 10.1. The molecule has 2 heterocycles. The van der Waals surface area contributed by atoms with Gasteiger partial charge in [-0.2, -0.15) is 0 Å². The molecule has 0 spiro atoms. The SMILES string of the molecule is CNC(C)Cc1ccc(-c2ccc(Cl)c3cccnc23)o1. The Bertz CT molecular complexity index is 766. The zero-order chi connectivity index (χ0) is 14.8. The van der Waals surface area contributed by atoms with Crippen molar-refractivity contribution in [2.24, 2.45) is 0 Å². The third kappa shape index (κ3) is 2.80. The fourth-order valence-electron chi connectivity index (χ4n) is 2.37. The van der Waals surface area contributed by atoms with Crippen molar-refractivity contribution < 1.29 is 4.42 Å². The number of nitrogens with one attached hydrogen (secondary N) is 1. The van der Waals surface area contributed by atoms with Crippen LogP contribution in [0.15, 0.2) is 47.0 Å². The van der Waals surface area contributed by atoms with Gasteiger partial charge in [-0.25, -0.2) is 0 Å². The molecule has 1 atom stereocenters. The van der Waals surface area contributed by atoms with Crippen LogP contribution in [0.25, 0.3) is 22.2 Å². The minimum absolute atomic E-state index is 0.379. The second-order valence-corrected chi connectivity index (χ2v) is 5.56. The maximum absolute atomic E-state index is 6.23. The topological polar surface area (TPSA) is 38.1 Å². The summed E-state index contributed by atoms with van der Waals surface area (Å²) in [7, 11) is 1.95. The summed E-state index contributed by atoms with van der Waals surface area (Å²) in [4.78, 5) is 4.45. The number of hydrogen-bond acceptors (Lipinski definition) is 3. The lowest BCUT2D eigenvalue weighted by molar-refractivity contribution is 0.481. The summed E-state index contributed by atoms with van der Waals surface area (Å²) in [6, 6.07) is 12.1. The third-order valence-corrected chi connectivity index (χ3v) is 3.97. The molecule has 1 aromatic carbocycles. The molecular weight excluding hydrogens is 284 g/mol. The maximum atomic E-state index is 6.23. The van der Waals surface area contributed by atoms with Crippen molar-refractivity contribution in [2.45, 2.75) is 19.4 Å². The van der Waals surface area contributed by atoms with Crippen molar-refractivity contribution >= 4 is 22.5 Å². The first kappa shape index (κ1) is 14.1. The predicted molar refractivity (Wildman–Crippen MR) is 86.7 cm³/mol. The number of nitrogens with zero attached hydrogens (tertiary/aromatic N) is 1. The van der Waals surface area contributed by atoms with Crippen LogP contribution in [0, 0.1) is 0 Å². The summed E-state index contributed by atoms with van der Waals surface area (Å²) >= 11 is 6.23. The van der Waals surface area contributed by atoms with E-state index >= 15 is 0 Å². The van der Waals surface area contributed by atoms with Gasteiger partial charge in [0.1, 0.15) is 11.5 Å². The van der Waals surface area contributed by atoms with Gasteiger partial charge in [-0.1, -0.05) is 11.6 Å². The van der Waals surface area contributed by atoms with Crippen LogP contribution in [-0.4, -0.2) is 18.1 Å². The molecule has 108 valence electrons. The molecule has 0 saturated carbocycles. The Morgan fingerprint density at radius 2 is 2.10 bits per heavy atom. The predicted octanol–water partition coefficient (Wildman–Crippen LogP) is 4.30. The van der Waals surface area contributed by atoms with Crippen LogP contribution >= 0.6 is 11.6 Å². The van der Waals surface area contributed by atoms with Crippen molar-refractivity contribution in [1.29, 1.82) is 0 Å². The largest absolute Gasteiger partial charge is 0.461 e. The Morgan fingerprint density at radius 3 is 2.90 bits per heavy atom. The summed E-state index contributed by atoms with van der Waals surface area (Å²) in [6.07, 6.45) is 2.63. The highest BCUT2D eigenvalue weighted by Crippen LogP contribution is 2.32. The average Bonchev–Trinajstić information content (AvgIpc) is 2.96. The molecule has 0 bridgehead atoms. The molecule has 21 heavy (non-hydrogen) atoms. The van der Waals surface area contributed by atoms with Gasteiger partial charge in [0.15, 0.2) is 0 Å². The average molecular weight is 301 g/mol. The number of rotatable bonds is 4. The molecule has 1 unspecified atom stereocenters. The van der Waals surface area contributed by atoms with E-state index in [0.29, 0.717) is 11.1 Å². The number of pyridine rings is 1. The molecule has 3 nitrogen and oxygen atoms in total. The minimum Gasteiger partial charge on any atom is -0.461 e. The van der Waals surface area contributed by atoms with E-state index in [4.69, 9.17) is 16.0 Å². The molecule has 2 aromatic heterocycles. The van der Waals surface area contributed by atoms with Crippen molar-refractivity contribution in [3.63, 3.8) is 0 Å². The van der Waals surface area contributed by atoms with E-state index in [1.165, 1.54) is 0 Å². The molecule has 3 rings (SSSR count). The zero-order valence-corrected chi connectivity index (χ0v) is 12.8. The van der Waals surface area contributed by atoms with Crippen LogP contribution in [0.1, 0.15) is 12.7 Å². The van der Waals surface area contributed by atoms with Crippen LogP contribution in [0.4, 0.5) is 0 Å². The van der Waals surface area contributed by atoms with E-state index in [1.807, 2.05) is 43.4 Å². The van der Waals surface area contributed by atoms with Crippen molar-refractivity contribution in [1.82, 2.24) is 10.3 Å². The highest BCUT2D eigenvalue weighted by molar-refractivity contribution is 6.35. The molecule has 0 aliphatic heterocycles. The second-order valence-electron chi connectivity index (χ2n) is 5.15. The molecule has 4 heteroatoms. The van der Waals surface area contributed by atoms with Gasteiger partial charge in [0.2, 0.25) is 0 Å². The fourth-order valence-corrected chi connectivity index (χ4v) is 2.59. The summed E-state index contributed by atoms with van der Waals surface area (Å²) in [6.45, 7) is 2.13. The number of aromatic nitrogens is 1. The molecule has 0 fully saturated rings. The molecule has 0 saturated heterocycles. The summed E-state index contributed by atoms with van der Waals surface area (Å²) < 4.78 is 5.97. The molecule has 3 aromatic rings. The first-order valence-electron chi connectivity index (χ1n) is 6.98. The van der Waals surface area contributed by atoms with Crippen LogP contribution in [0.5, 0.6) is 0 Å². The number of furan rings is 1. The monoisotopic (exact) mass is 300 g/mol. The molecule has 0 aliphatic carbocycles. The van der Waals surface area contributed by atoms with Gasteiger partial charge in [0.05, 0.1) is 10.5 Å². The normalized spacial score (nSPS) is 12.7. The maximum Gasteiger partial charge on any atom is 0.136 e. The van der Waals surface area contributed by atoms with Gasteiger partial charge in [0, 0.05) is 29.6 Å². The first-order valence-corrected chi connectivity index (χ1v) is 7.36. The van der Waals surface area contributed by atoms with E-state index in [0.717, 1.165) is 34.4 Å². The highest BCUT2D eigenvalue weighted by atomic mass is 35.5. The van der Waals surface area contributed by atoms with E-state index < -0.39 is 0 Å². The molecule has 0 radical (unpaired) electrons. The second kappa shape index (κ2) is 5.88. The van der Waals surface area contributed by atoms with E-state index in [-0.39, 0.29) is 0 Å². The van der Waals surface area contributed by atoms with Crippen molar-refractivity contribution in [2.75, 3.05) is 7.05 Å². The Kier molecular flexibility index (Phi) is 3.95. The summed E-state index contributed by atoms with van der Waals surface area (Å²) in [5, 5.41) is 4.86. The number of likely N-dealkylation sites (N-methyl/N-ethyl adjacent to an activating group) is 1. The van der Waals surface area contributed by atoms with Crippen LogP contribution in [-0.2, 0) is 6.42 Å². The number of benzene rings is 1. The smallest absolute Gasteiger partial charge is 0.136 e. The van der Waals surface area contributed by atoms with Crippen LogP contribution in [0.2, 0.25) is 5.02 Å². The van der Waals surface area contributed by atoms with Gasteiger partial charge in [-0.05, 0) is 50.4 Å². The Hall–Kier alpha value is -1.84. The van der Waals surface area contributed by atoms with Crippen LogP contribution in [0.3, 0.4) is 0 Å². The standard InChI is InChI=1S/C17H17ClN2O/c1-11(19-2)10-12-5-8-16(21-12)14-6-7-15(18)13-4-3-9-20-17(13)14/h3-9,11,19H,10H2,1-2H3. The number of fused-ring (bicyclic) bond motifs is 1. The lowest BCUT2D eigenvalue weighted by Gasteiger charge is -2.07. The van der Waals surface area contributed by atoms with E-state index in [1.54, 1.807) is 6.20 Å². The number of halogens is 1. The van der Waals surface area contributed by atoms with Crippen molar-refractivity contribution in [3.05, 3.63) is 53.4 Å². The summed E-state index contributed by atoms with van der Waals surface area (Å²) in [5.74, 6) is 1.79. The van der Waals surface area contributed by atoms with Gasteiger partial charge in [0.25, 0.3) is 0 Å². The van der Waals surface area contributed by atoms with Gasteiger partial charge >= 0.3 is 0 Å². The van der Waals surface area contributed by atoms with Gasteiger partial charge in [-0.15, -0.1) is 0 Å². The summed E-state index contributed by atoms with van der Waals surface area (Å²) in [5.41, 5.74) is 1.84. The molecule has 0 amide bonds. The molecule has 1 N–H and O–H groups in total. The van der Waals surface area contributed by atoms with Crippen LogP contribution < -0.4 is 5.32 Å². The van der Waals surface area contributed by atoms with Crippen molar-refractivity contribution in [3.8, 4) is 11.3 Å². The minimum atomic E-state index is 0.379. The highest BCUT2D eigenvalue weighted by Gasteiger charge is 2.12. The lowest BCUT2D eigenvalue weighted by Crippen LogP contribution is -2.23. The molecule has 0 aliphatic rings. The van der Waals surface area contributed by atoms with E-state index in [9.17, 15) is 0 Å². The fraction of sp³-hybridized carbons (Fsp3) is 0.235. The Morgan fingerprint density at radius 1 is 1.24 bits per heavy atom. The number of hydrogen-bond donors (Lipinski definition) is 1. The van der Waals surface area contributed by atoms with Gasteiger partial charge < -0.3 is 9.73 Å². The van der Waals surface area contributed by atoms with Gasteiger partial charge in [-0.3, -0.25) is 4.98 Å².